The van der Waals surface area contributed by atoms with E-state index in [0.717, 1.165) is 11.3 Å². The molecule has 1 nitrogen and oxygen atoms in total. The zero-order chi connectivity index (χ0) is 9.80. The minimum absolute atomic E-state index is 0.688. The molecule has 0 bridgehead atoms. The highest BCUT2D eigenvalue weighted by atomic mass is 32.1. The van der Waals surface area contributed by atoms with Gasteiger partial charge >= 0.3 is 0 Å². The van der Waals surface area contributed by atoms with E-state index >= 15 is 0 Å². The molecule has 0 atom stereocenters. The lowest BCUT2D eigenvalue weighted by Crippen LogP contribution is -1.91. The second kappa shape index (κ2) is 4.29. The van der Waals surface area contributed by atoms with E-state index in [-0.39, 0.29) is 0 Å². The molecule has 0 saturated carbocycles. The Balaban J connectivity index is 2.37. The van der Waals surface area contributed by atoms with Crippen LogP contribution >= 0.6 is 11.3 Å². The van der Waals surface area contributed by atoms with Gasteiger partial charge in [0.15, 0.2) is 0 Å². The molecule has 0 saturated heterocycles. The second-order valence-corrected chi connectivity index (χ2v) is 3.56. The van der Waals surface area contributed by atoms with Crippen molar-refractivity contribution in [3.63, 3.8) is 0 Å². The molecule has 2 rings (SSSR count). The van der Waals surface area contributed by atoms with Gasteiger partial charge < -0.3 is 4.74 Å². The van der Waals surface area contributed by atoms with E-state index in [1.165, 1.54) is 5.56 Å². The van der Waals surface area contributed by atoms with Crippen molar-refractivity contribution in [1.29, 1.82) is 0 Å². The van der Waals surface area contributed by atoms with Gasteiger partial charge in [-0.25, -0.2) is 0 Å². The normalized spacial score (nSPS) is 10.1. The molecule has 0 fully saturated rings. The van der Waals surface area contributed by atoms with E-state index in [0.29, 0.717) is 6.61 Å². The fraction of sp³-hybridized carbons (Fsp3) is 0.167. The van der Waals surface area contributed by atoms with Crippen LogP contribution < -0.4 is 4.74 Å². The van der Waals surface area contributed by atoms with Crippen LogP contribution in [0, 0.1) is 5.38 Å². The summed E-state index contributed by atoms with van der Waals surface area (Å²) in [5.74, 6) is 0.865. The standard InChI is InChI=1S/C12H11OS/c1-2-13-12-9-14-8-11(12)10-6-4-3-5-7-10/h3-8H,2H2,1H3. The van der Waals surface area contributed by atoms with Crippen LogP contribution in [0.3, 0.4) is 0 Å². The van der Waals surface area contributed by atoms with Gasteiger partial charge in [-0.3, -0.25) is 0 Å². The van der Waals surface area contributed by atoms with Gasteiger partial charge in [0, 0.05) is 10.9 Å². The van der Waals surface area contributed by atoms with Crippen LogP contribution in [0.25, 0.3) is 11.1 Å². The van der Waals surface area contributed by atoms with Gasteiger partial charge in [0.2, 0.25) is 0 Å². The van der Waals surface area contributed by atoms with E-state index in [1.807, 2.05) is 25.1 Å². The highest BCUT2D eigenvalue weighted by Gasteiger charge is 2.06. The Kier molecular flexibility index (Phi) is 2.84. The third kappa shape index (κ3) is 1.80. The predicted molar refractivity (Wildman–Crippen MR) is 59.8 cm³/mol. The van der Waals surface area contributed by atoms with E-state index < -0.39 is 0 Å². The molecule has 0 spiro atoms. The molecule has 14 heavy (non-hydrogen) atoms. The molecule has 0 aliphatic heterocycles. The minimum atomic E-state index is 0.688. The topological polar surface area (TPSA) is 9.23 Å². The smallest absolute Gasteiger partial charge is 0.146 e. The number of hydrogen-bond donors (Lipinski definition) is 0. The first-order chi connectivity index (χ1) is 6.92. The molecule has 2 aromatic rings. The molecule has 1 aromatic heterocycles. The minimum Gasteiger partial charge on any atom is -0.492 e. The van der Waals surface area contributed by atoms with Crippen LogP contribution in [0.1, 0.15) is 6.92 Å². The van der Waals surface area contributed by atoms with Crippen LogP contribution in [0.15, 0.2) is 35.7 Å². The molecule has 0 N–H and O–H groups in total. The molecule has 0 amide bonds. The van der Waals surface area contributed by atoms with E-state index in [9.17, 15) is 0 Å². The lowest BCUT2D eigenvalue weighted by molar-refractivity contribution is 0.342. The average molecular weight is 203 g/mol. The van der Waals surface area contributed by atoms with Crippen molar-refractivity contribution in [1.82, 2.24) is 0 Å². The fourth-order valence-corrected chi connectivity index (χ4v) is 2.01. The van der Waals surface area contributed by atoms with Gasteiger partial charge in [-0.15, -0.1) is 11.3 Å². The van der Waals surface area contributed by atoms with Gasteiger partial charge in [-0.1, -0.05) is 30.3 Å². The maximum absolute atomic E-state index is 5.49. The molecular weight excluding hydrogens is 192 g/mol. The lowest BCUT2D eigenvalue weighted by atomic mass is 10.1. The molecule has 1 radical (unpaired) electrons. The summed E-state index contributed by atoms with van der Waals surface area (Å²) in [5.41, 5.74) is 2.32. The first kappa shape index (κ1) is 9.28. The predicted octanol–water partition coefficient (Wildman–Crippen LogP) is 3.61. The van der Waals surface area contributed by atoms with E-state index in [1.54, 1.807) is 11.3 Å². The summed E-state index contributed by atoms with van der Waals surface area (Å²) in [4.78, 5) is 0. The number of ether oxygens (including phenoxy) is 1. The van der Waals surface area contributed by atoms with Crippen LogP contribution in [0.4, 0.5) is 0 Å². The third-order valence-corrected chi connectivity index (χ3v) is 2.60. The van der Waals surface area contributed by atoms with Crippen LogP contribution in [0.5, 0.6) is 5.75 Å². The maximum atomic E-state index is 5.49. The Bertz CT molecular complexity index is 392. The van der Waals surface area contributed by atoms with Gasteiger partial charge in [0.1, 0.15) is 5.75 Å². The van der Waals surface area contributed by atoms with Crippen molar-refractivity contribution in [3.8, 4) is 16.9 Å². The van der Waals surface area contributed by atoms with Crippen molar-refractivity contribution >= 4 is 11.3 Å². The van der Waals surface area contributed by atoms with Gasteiger partial charge in [0.25, 0.3) is 0 Å². The zero-order valence-electron chi connectivity index (χ0n) is 7.99. The molecule has 2 heteroatoms. The van der Waals surface area contributed by atoms with E-state index in [2.05, 4.69) is 22.9 Å². The van der Waals surface area contributed by atoms with Crippen molar-refractivity contribution in [3.05, 3.63) is 41.1 Å². The fourth-order valence-electron chi connectivity index (χ4n) is 1.32. The maximum Gasteiger partial charge on any atom is 0.146 e. The largest absolute Gasteiger partial charge is 0.492 e. The second-order valence-electron chi connectivity index (χ2n) is 2.88. The highest BCUT2D eigenvalue weighted by Crippen LogP contribution is 2.32. The third-order valence-electron chi connectivity index (χ3n) is 1.95. The van der Waals surface area contributed by atoms with E-state index in [4.69, 9.17) is 4.74 Å². The Hall–Kier alpha value is -1.28. The van der Waals surface area contributed by atoms with Gasteiger partial charge in [-0.2, -0.15) is 0 Å². The summed E-state index contributed by atoms with van der Waals surface area (Å²) < 4.78 is 5.49. The first-order valence-corrected chi connectivity index (χ1v) is 5.47. The lowest BCUT2D eigenvalue weighted by Gasteiger charge is -2.03. The Morgan fingerprint density at radius 1 is 1.29 bits per heavy atom. The van der Waals surface area contributed by atoms with Gasteiger partial charge in [0.05, 0.1) is 12.0 Å². The summed E-state index contributed by atoms with van der Waals surface area (Å²) in [7, 11) is 0. The summed E-state index contributed by atoms with van der Waals surface area (Å²) in [5, 5.41) is 5.19. The Morgan fingerprint density at radius 3 is 2.79 bits per heavy atom. The average Bonchev–Trinajstić information content (AvgIpc) is 2.68. The quantitative estimate of drug-likeness (QED) is 0.740. The zero-order valence-corrected chi connectivity index (χ0v) is 8.80. The van der Waals surface area contributed by atoms with Crippen LogP contribution in [0.2, 0.25) is 0 Å². The van der Waals surface area contributed by atoms with Crippen molar-refractivity contribution in [2.75, 3.05) is 6.61 Å². The van der Waals surface area contributed by atoms with Crippen molar-refractivity contribution in [2.45, 2.75) is 6.92 Å². The molecule has 1 heterocycles. The number of hydrogen-bond acceptors (Lipinski definition) is 2. The molecule has 0 aliphatic rings. The summed E-state index contributed by atoms with van der Waals surface area (Å²) in [6, 6.07) is 10.2. The highest BCUT2D eigenvalue weighted by molar-refractivity contribution is 7.08. The van der Waals surface area contributed by atoms with Crippen LogP contribution in [-0.2, 0) is 0 Å². The summed E-state index contributed by atoms with van der Waals surface area (Å²) in [6.45, 7) is 2.67. The van der Waals surface area contributed by atoms with Crippen molar-refractivity contribution < 1.29 is 4.74 Å². The number of rotatable bonds is 3. The number of benzene rings is 1. The summed E-state index contributed by atoms with van der Waals surface area (Å²) >= 11 is 1.55. The molecule has 0 unspecified atom stereocenters. The Labute approximate surface area is 88.0 Å². The first-order valence-electron chi connectivity index (χ1n) is 4.59. The van der Waals surface area contributed by atoms with Crippen molar-refractivity contribution in [2.24, 2.45) is 0 Å². The molecule has 71 valence electrons. The monoisotopic (exact) mass is 203 g/mol. The molecule has 0 aliphatic carbocycles. The summed E-state index contributed by atoms with van der Waals surface area (Å²) in [6.07, 6.45) is 0. The molecule has 1 aromatic carbocycles. The molecular formula is C12H11OS. The number of thiophene rings is 1. The Morgan fingerprint density at radius 2 is 2.07 bits per heavy atom. The SMILES string of the molecule is CCOc1[c]scc1-c1ccccc1. The van der Waals surface area contributed by atoms with Crippen LogP contribution in [-0.4, -0.2) is 6.61 Å². The van der Waals surface area contributed by atoms with Gasteiger partial charge in [-0.05, 0) is 12.5 Å².